The smallest absolute Gasteiger partial charge is 0.312 e. The molecule has 0 amide bonds. The van der Waals surface area contributed by atoms with Gasteiger partial charge in [0.2, 0.25) is 0 Å². The van der Waals surface area contributed by atoms with Gasteiger partial charge < -0.3 is 15.0 Å². The van der Waals surface area contributed by atoms with Crippen molar-refractivity contribution in [2.24, 2.45) is 5.41 Å². The highest BCUT2D eigenvalue weighted by molar-refractivity contribution is 5.76. The van der Waals surface area contributed by atoms with Crippen LogP contribution in [0.25, 0.3) is 0 Å². The van der Waals surface area contributed by atoms with Crippen LogP contribution in [-0.2, 0) is 9.53 Å². The van der Waals surface area contributed by atoms with E-state index in [-0.39, 0.29) is 5.97 Å². The van der Waals surface area contributed by atoms with Gasteiger partial charge >= 0.3 is 5.97 Å². The van der Waals surface area contributed by atoms with Gasteiger partial charge in [-0.3, -0.25) is 4.79 Å². The number of carbonyl (C=O) groups is 1. The molecule has 0 aromatic carbocycles. The molecule has 4 nitrogen and oxygen atoms in total. The van der Waals surface area contributed by atoms with Crippen molar-refractivity contribution in [1.29, 1.82) is 0 Å². The third kappa shape index (κ3) is 3.46. The minimum atomic E-state index is -0.439. The number of hydrogen-bond donors (Lipinski definition) is 1. The van der Waals surface area contributed by atoms with Crippen LogP contribution in [0.5, 0.6) is 0 Å². The monoisotopic (exact) mass is 228 g/mol. The number of ether oxygens (including phenoxy) is 1. The second-order valence-corrected chi connectivity index (χ2v) is 5.28. The van der Waals surface area contributed by atoms with E-state index in [0.29, 0.717) is 12.6 Å². The predicted molar refractivity (Wildman–Crippen MR) is 64.3 cm³/mol. The topological polar surface area (TPSA) is 41.6 Å². The Morgan fingerprint density at radius 3 is 2.75 bits per heavy atom. The lowest BCUT2D eigenvalue weighted by Gasteiger charge is -2.25. The minimum absolute atomic E-state index is 0.153. The van der Waals surface area contributed by atoms with Gasteiger partial charge in [-0.05, 0) is 40.3 Å². The van der Waals surface area contributed by atoms with Gasteiger partial charge in [0, 0.05) is 19.1 Å². The molecule has 0 radical (unpaired) electrons. The summed E-state index contributed by atoms with van der Waals surface area (Å²) in [5.41, 5.74) is -0.439. The van der Waals surface area contributed by atoms with Crippen LogP contribution in [0.1, 0.15) is 26.7 Å². The van der Waals surface area contributed by atoms with E-state index in [1.54, 1.807) is 0 Å². The number of hydrogen-bond acceptors (Lipinski definition) is 4. The highest BCUT2D eigenvalue weighted by Gasteiger charge is 2.29. The lowest BCUT2D eigenvalue weighted by molar-refractivity contribution is -0.150. The number of rotatable bonds is 5. The summed E-state index contributed by atoms with van der Waals surface area (Å²) in [4.78, 5) is 13.8. The Labute approximate surface area is 98.3 Å². The molecule has 0 aromatic heterocycles. The summed E-state index contributed by atoms with van der Waals surface area (Å²) in [7, 11) is 3.60. The van der Waals surface area contributed by atoms with Crippen LogP contribution in [0, 0.1) is 5.41 Å². The van der Waals surface area contributed by atoms with Crippen LogP contribution in [0.3, 0.4) is 0 Å². The Morgan fingerprint density at radius 2 is 2.25 bits per heavy atom. The molecular weight excluding hydrogens is 204 g/mol. The molecule has 1 N–H and O–H groups in total. The first-order valence-electron chi connectivity index (χ1n) is 5.97. The Morgan fingerprint density at radius 1 is 1.56 bits per heavy atom. The molecule has 0 spiro atoms. The lowest BCUT2D eigenvalue weighted by Crippen LogP contribution is -2.42. The van der Waals surface area contributed by atoms with Crippen LogP contribution in [0.4, 0.5) is 0 Å². The number of likely N-dealkylation sites (tertiary alicyclic amines) is 1. The predicted octanol–water partition coefficient (Wildman–Crippen LogP) is 0.869. The molecule has 1 saturated heterocycles. The standard InChI is InChI=1S/C12H24N2O2/c1-12(2,11(15)16-4)9-13-8-10-6-5-7-14(10)3/h10,13H,5-9H2,1-4H3. The zero-order valence-corrected chi connectivity index (χ0v) is 10.9. The molecular formula is C12H24N2O2. The Balaban J connectivity index is 2.26. The molecule has 1 atom stereocenters. The molecule has 1 aliphatic heterocycles. The maximum absolute atomic E-state index is 11.5. The fourth-order valence-corrected chi connectivity index (χ4v) is 2.14. The third-order valence-electron chi connectivity index (χ3n) is 3.36. The maximum atomic E-state index is 11.5. The molecule has 1 rings (SSSR count). The summed E-state index contributed by atoms with van der Waals surface area (Å²) in [6, 6.07) is 0.619. The quantitative estimate of drug-likeness (QED) is 0.709. The van der Waals surface area contributed by atoms with Gasteiger partial charge in [-0.2, -0.15) is 0 Å². The molecule has 1 fully saturated rings. The normalized spacial score (nSPS) is 22.4. The van der Waals surface area contributed by atoms with Crippen LogP contribution in [-0.4, -0.2) is 50.7 Å². The van der Waals surface area contributed by atoms with E-state index in [1.807, 2.05) is 13.8 Å². The zero-order chi connectivity index (χ0) is 12.2. The first-order valence-corrected chi connectivity index (χ1v) is 5.97. The largest absolute Gasteiger partial charge is 0.469 e. The fourth-order valence-electron chi connectivity index (χ4n) is 2.14. The second kappa shape index (κ2) is 5.64. The van der Waals surface area contributed by atoms with Gasteiger partial charge in [0.15, 0.2) is 0 Å². The number of nitrogens with one attached hydrogen (secondary N) is 1. The van der Waals surface area contributed by atoms with Crippen LogP contribution >= 0.6 is 0 Å². The van der Waals surface area contributed by atoms with Crippen molar-refractivity contribution in [3.05, 3.63) is 0 Å². The highest BCUT2D eigenvalue weighted by Crippen LogP contribution is 2.17. The summed E-state index contributed by atoms with van der Waals surface area (Å²) in [6.45, 7) is 6.63. The molecule has 0 aliphatic carbocycles. The minimum Gasteiger partial charge on any atom is -0.469 e. The molecule has 1 heterocycles. The summed E-state index contributed by atoms with van der Waals surface area (Å²) < 4.78 is 4.77. The molecule has 1 unspecified atom stereocenters. The molecule has 0 aromatic rings. The van der Waals surface area contributed by atoms with Crippen LogP contribution in [0.2, 0.25) is 0 Å². The number of carbonyl (C=O) groups excluding carboxylic acids is 1. The van der Waals surface area contributed by atoms with Gasteiger partial charge in [0.05, 0.1) is 12.5 Å². The van der Waals surface area contributed by atoms with E-state index in [9.17, 15) is 4.79 Å². The maximum Gasteiger partial charge on any atom is 0.312 e. The van der Waals surface area contributed by atoms with E-state index in [4.69, 9.17) is 4.74 Å². The van der Waals surface area contributed by atoms with Crippen molar-refractivity contribution in [3.63, 3.8) is 0 Å². The molecule has 0 saturated carbocycles. The third-order valence-corrected chi connectivity index (χ3v) is 3.36. The van der Waals surface area contributed by atoms with Crippen molar-refractivity contribution in [2.75, 3.05) is 33.8 Å². The number of esters is 1. The van der Waals surface area contributed by atoms with E-state index in [2.05, 4.69) is 17.3 Å². The van der Waals surface area contributed by atoms with Gasteiger partial charge in [-0.15, -0.1) is 0 Å². The first-order chi connectivity index (χ1) is 7.47. The van der Waals surface area contributed by atoms with E-state index >= 15 is 0 Å². The van der Waals surface area contributed by atoms with Crippen LogP contribution in [0.15, 0.2) is 0 Å². The van der Waals surface area contributed by atoms with Gasteiger partial charge in [-0.25, -0.2) is 0 Å². The number of likely N-dealkylation sites (N-methyl/N-ethyl adjacent to an activating group) is 1. The number of methoxy groups -OCH3 is 1. The van der Waals surface area contributed by atoms with Gasteiger partial charge in [0.25, 0.3) is 0 Å². The van der Waals surface area contributed by atoms with E-state index in [0.717, 1.165) is 6.54 Å². The van der Waals surface area contributed by atoms with Crippen molar-refractivity contribution in [3.8, 4) is 0 Å². The van der Waals surface area contributed by atoms with Crippen molar-refractivity contribution < 1.29 is 9.53 Å². The summed E-state index contributed by atoms with van der Waals surface area (Å²) in [5, 5.41) is 3.37. The highest BCUT2D eigenvalue weighted by atomic mass is 16.5. The van der Waals surface area contributed by atoms with Gasteiger partial charge in [-0.1, -0.05) is 0 Å². The Kier molecular flexibility index (Phi) is 4.74. The van der Waals surface area contributed by atoms with Gasteiger partial charge in [0.1, 0.15) is 0 Å². The molecule has 4 heteroatoms. The zero-order valence-electron chi connectivity index (χ0n) is 10.9. The van der Waals surface area contributed by atoms with Crippen molar-refractivity contribution in [1.82, 2.24) is 10.2 Å². The summed E-state index contributed by atoms with van der Waals surface area (Å²) >= 11 is 0. The Bertz CT molecular complexity index is 241. The van der Waals surface area contributed by atoms with Crippen LogP contribution < -0.4 is 5.32 Å². The molecule has 0 bridgehead atoms. The van der Waals surface area contributed by atoms with Crippen molar-refractivity contribution >= 4 is 5.97 Å². The second-order valence-electron chi connectivity index (χ2n) is 5.28. The number of nitrogens with zero attached hydrogens (tertiary/aromatic N) is 1. The summed E-state index contributed by atoms with van der Waals surface area (Å²) in [5.74, 6) is -0.153. The lowest BCUT2D eigenvalue weighted by atomic mass is 9.93. The molecule has 1 aliphatic rings. The molecule has 94 valence electrons. The van der Waals surface area contributed by atoms with E-state index < -0.39 is 5.41 Å². The average Bonchev–Trinajstić information content (AvgIpc) is 2.63. The average molecular weight is 228 g/mol. The molecule has 16 heavy (non-hydrogen) atoms. The Hall–Kier alpha value is -0.610. The van der Waals surface area contributed by atoms with Crippen molar-refractivity contribution in [2.45, 2.75) is 32.7 Å². The van der Waals surface area contributed by atoms with E-state index in [1.165, 1.54) is 26.5 Å². The SMILES string of the molecule is COC(=O)C(C)(C)CNCC1CCCN1C. The summed E-state index contributed by atoms with van der Waals surface area (Å²) in [6.07, 6.45) is 2.53. The first kappa shape index (κ1) is 13.5. The fraction of sp³-hybridized carbons (Fsp3) is 0.917.